The van der Waals surface area contributed by atoms with Crippen molar-refractivity contribution < 1.29 is 23.7 Å². The van der Waals surface area contributed by atoms with Gasteiger partial charge in [0.2, 0.25) is 0 Å². The van der Waals surface area contributed by atoms with E-state index in [0.717, 1.165) is 21.3 Å². The van der Waals surface area contributed by atoms with Crippen molar-refractivity contribution in [1.82, 2.24) is 9.97 Å². The molecule has 5 rings (SSSR count). The zero-order valence-electron chi connectivity index (χ0n) is 21.8. The maximum absolute atomic E-state index is 12.8. The van der Waals surface area contributed by atoms with Crippen molar-refractivity contribution in [2.45, 2.75) is 0 Å². The first kappa shape index (κ1) is 25.8. The number of hydrogen-bond acceptors (Lipinski definition) is 9. The summed E-state index contributed by atoms with van der Waals surface area (Å²) in [5.41, 5.74) is 3.49. The third-order valence-corrected chi connectivity index (χ3v) is 7.01. The zero-order valence-corrected chi connectivity index (χ0v) is 22.6. The molecule has 2 N–H and O–H groups in total. The number of ether oxygens (including phenoxy) is 4. The van der Waals surface area contributed by atoms with Crippen LogP contribution in [0.5, 0.6) is 23.0 Å². The molecular weight excluding hydrogens is 516 g/mol. The molecule has 10 heteroatoms. The standard InChI is InChI=1S/C29H26N4O5S/c1-35-22-11-10-18(12-25(22)38-4)19-15-39-29-26(19)27(30-16-31-29)32-20-13-24(37-3)21(14-23(20)36-2)33-28(34)17-8-6-5-7-9-17/h5-16H,1-4H3,(H,33,34)(H,30,31,32). The van der Waals surface area contributed by atoms with Gasteiger partial charge < -0.3 is 29.6 Å². The summed E-state index contributed by atoms with van der Waals surface area (Å²) < 4.78 is 22.2. The van der Waals surface area contributed by atoms with Crippen LogP contribution in [0.25, 0.3) is 21.3 Å². The lowest BCUT2D eigenvalue weighted by atomic mass is 10.1. The molecule has 0 aliphatic heterocycles. The number of aromatic nitrogens is 2. The van der Waals surface area contributed by atoms with Gasteiger partial charge in [0.25, 0.3) is 5.91 Å². The van der Waals surface area contributed by atoms with Crippen LogP contribution in [0.4, 0.5) is 17.2 Å². The van der Waals surface area contributed by atoms with E-state index in [1.807, 2.05) is 41.8 Å². The largest absolute Gasteiger partial charge is 0.494 e. The summed E-state index contributed by atoms with van der Waals surface area (Å²) in [4.78, 5) is 22.6. The minimum Gasteiger partial charge on any atom is -0.494 e. The maximum atomic E-state index is 12.8. The summed E-state index contributed by atoms with van der Waals surface area (Å²) in [5.74, 6) is 2.55. The smallest absolute Gasteiger partial charge is 0.255 e. The van der Waals surface area contributed by atoms with Crippen LogP contribution in [0, 0.1) is 0 Å². The van der Waals surface area contributed by atoms with E-state index in [4.69, 9.17) is 18.9 Å². The van der Waals surface area contributed by atoms with E-state index < -0.39 is 0 Å². The second-order valence-corrected chi connectivity index (χ2v) is 9.18. The predicted octanol–water partition coefficient (Wildman–Crippen LogP) is 6.39. The Labute approximate surface area is 229 Å². The first-order valence-electron chi connectivity index (χ1n) is 11.9. The molecule has 0 spiro atoms. The molecule has 0 bridgehead atoms. The van der Waals surface area contributed by atoms with Gasteiger partial charge in [0, 0.05) is 28.6 Å². The predicted molar refractivity (Wildman–Crippen MR) is 153 cm³/mol. The van der Waals surface area contributed by atoms with Gasteiger partial charge in [-0.15, -0.1) is 11.3 Å². The molecule has 0 saturated heterocycles. The van der Waals surface area contributed by atoms with E-state index in [9.17, 15) is 4.79 Å². The highest BCUT2D eigenvalue weighted by atomic mass is 32.1. The number of carbonyl (C=O) groups is 1. The number of anilines is 3. The molecule has 2 aromatic heterocycles. The minimum absolute atomic E-state index is 0.257. The van der Waals surface area contributed by atoms with Crippen molar-refractivity contribution in [3.63, 3.8) is 0 Å². The number of rotatable bonds is 9. The SMILES string of the molecule is COc1cc(Nc2ncnc3scc(-c4ccc(OC)c(OC)c4)c23)c(OC)cc1NC(=O)c1ccccc1. The summed E-state index contributed by atoms with van der Waals surface area (Å²) in [7, 11) is 6.31. The highest BCUT2D eigenvalue weighted by Crippen LogP contribution is 2.43. The van der Waals surface area contributed by atoms with E-state index in [1.54, 1.807) is 52.7 Å². The fourth-order valence-electron chi connectivity index (χ4n) is 4.19. The highest BCUT2D eigenvalue weighted by molar-refractivity contribution is 7.17. The Balaban J connectivity index is 1.53. The Hall–Kier alpha value is -4.83. The van der Waals surface area contributed by atoms with Gasteiger partial charge in [0.05, 0.1) is 45.2 Å². The summed E-state index contributed by atoms with van der Waals surface area (Å²) >= 11 is 1.52. The fraction of sp³-hybridized carbons (Fsp3) is 0.138. The lowest BCUT2D eigenvalue weighted by Gasteiger charge is -2.17. The Kier molecular flexibility index (Phi) is 7.46. The van der Waals surface area contributed by atoms with Crippen LogP contribution in [0.3, 0.4) is 0 Å². The summed E-state index contributed by atoms with van der Waals surface area (Å²) in [6.45, 7) is 0. The number of methoxy groups -OCH3 is 4. The average molecular weight is 543 g/mol. The molecule has 0 aliphatic rings. The third-order valence-electron chi connectivity index (χ3n) is 6.12. The van der Waals surface area contributed by atoms with Crippen LogP contribution >= 0.6 is 11.3 Å². The van der Waals surface area contributed by atoms with Crippen molar-refractivity contribution in [2.75, 3.05) is 39.1 Å². The number of benzene rings is 3. The summed E-state index contributed by atoms with van der Waals surface area (Å²) in [6, 6.07) is 18.2. The Morgan fingerprint density at radius 2 is 1.46 bits per heavy atom. The van der Waals surface area contributed by atoms with Crippen LogP contribution in [0.1, 0.15) is 10.4 Å². The second-order valence-electron chi connectivity index (χ2n) is 8.32. The van der Waals surface area contributed by atoms with Crippen molar-refractivity contribution in [3.8, 4) is 34.1 Å². The third kappa shape index (κ3) is 5.14. The molecule has 5 aromatic rings. The quantitative estimate of drug-likeness (QED) is 0.221. The van der Waals surface area contributed by atoms with Gasteiger partial charge in [0.1, 0.15) is 28.5 Å². The van der Waals surface area contributed by atoms with Gasteiger partial charge in [-0.05, 0) is 29.8 Å². The monoisotopic (exact) mass is 542 g/mol. The van der Waals surface area contributed by atoms with Gasteiger partial charge in [-0.2, -0.15) is 0 Å². The van der Waals surface area contributed by atoms with Crippen LogP contribution in [0.2, 0.25) is 0 Å². The molecule has 39 heavy (non-hydrogen) atoms. The molecule has 1 amide bonds. The molecule has 2 heterocycles. The normalized spacial score (nSPS) is 10.7. The number of hydrogen-bond donors (Lipinski definition) is 2. The molecular formula is C29H26N4O5S. The fourth-order valence-corrected chi connectivity index (χ4v) is 5.11. The molecule has 0 saturated carbocycles. The average Bonchev–Trinajstić information content (AvgIpc) is 3.43. The summed E-state index contributed by atoms with van der Waals surface area (Å²) in [5, 5.41) is 9.16. The number of thiophene rings is 1. The first-order valence-corrected chi connectivity index (χ1v) is 12.8. The van der Waals surface area contributed by atoms with Gasteiger partial charge in [0.15, 0.2) is 11.5 Å². The van der Waals surface area contributed by atoms with Gasteiger partial charge >= 0.3 is 0 Å². The lowest BCUT2D eigenvalue weighted by Crippen LogP contribution is -2.13. The lowest BCUT2D eigenvalue weighted by molar-refractivity contribution is 0.102. The summed E-state index contributed by atoms with van der Waals surface area (Å²) in [6.07, 6.45) is 1.51. The Morgan fingerprint density at radius 3 is 2.18 bits per heavy atom. The van der Waals surface area contributed by atoms with E-state index in [0.29, 0.717) is 45.8 Å². The van der Waals surface area contributed by atoms with Crippen molar-refractivity contribution in [1.29, 1.82) is 0 Å². The van der Waals surface area contributed by atoms with Gasteiger partial charge in [-0.3, -0.25) is 4.79 Å². The van der Waals surface area contributed by atoms with E-state index in [-0.39, 0.29) is 5.91 Å². The van der Waals surface area contributed by atoms with Crippen LogP contribution < -0.4 is 29.6 Å². The molecule has 0 unspecified atom stereocenters. The van der Waals surface area contributed by atoms with E-state index in [2.05, 4.69) is 20.6 Å². The molecule has 0 atom stereocenters. The minimum atomic E-state index is -0.257. The number of nitrogens with zero attached hydrogens (tertiary/aromatic N) is 2. The molecule has 0 fully saturated rings. The maximum Gasteiger partial charge on any atom is 0.255 e. The highest BCUT2D eigenvalue weighted by Gasteiger charge is 2.19. The Morgan fingerprint density at radius 1 is 0.769 bits per heavy atom. The van der Waals surface area contributed by atoms with E-state index >= 15 is 0 Å². The Bertz CT molecular complexity index is 1640. The topological polar surface area (TPSA) is 104 Å². The molecule has 0 aliphatic carbocycles. The van der Waals surface area contributed by atoms with Gasteiger partial charge in [-0.1, -0.05) is 24.3 Å². The number of nitrogens with one attached hydrogen (secondary N) is 2. The van der Waals surface area contributed by atoms with Crippen molar-refractivity contribution in [2.24, 2.45) is 0 Å². The molecule has 0 radical (unpaired) electrons. The number of amides is 1. The number of fused-ring (bicyclic) bond motifs is 1. The van der Waals surface area contributed by atoms with Crippen LogP contribution in [-0.2, 0) is 0 Å². The zero-order chi connectivity index (χ0) is 27.4. The number of carbonyl (C=O) groups excluding carboxylic acids is 1. The van der Waals surface area contributed by atoms with E-state index in [1.165, 1.54) is 17.7 Å². The van der Waals surface area contributed by atoms with Gasteiger partial charge in [-0.25, -0.2) is 9.97 Å². The van der Waals surface area contributed by atoms with Crippen LogP contribution in [-0.4, -0.2) is 44.3 Å². The van der Waals surface area contributed by atoms with Crippen molar-refractivity contribution in [3.05, 3.63) is 77.9 Å². The molecule has 3 aromatic carbocycles. The second kappa shape index (κ2) is 11.3. The van der Waals surface area contributed by atoms with Crippen molar-refractivity contribution >= 4 is 44.7 Å². The molecule has 198 valence electrons. The first-order chi connectivity index (χ1) is 19.1. The van der Waals surface area contributed by atoms with Crippen LogP contribution in [0.15, 0.2) is 72.4 Å². The molecule has 9 nitrogen and oxygen atoms in total.